The lowest BCUT2D eigenvalue weighted by Gasteiger charge is -2.25. The highest BCUT2D eigenvalue weighted by Gasteiger charge is 2.42. The normalized spacial score (nSPS) is 20.0. The quantitative estimate of drug-likeness (QED) is 0.811. The van der Waals surface area contributed by atoms with Crippen LogP contribution in [-0.2, 0) is 27.0 Å². The van der Waals surface area contributed by atoms with E-state index in [0.29, 0.717) is 6.61 Å². The second-order valence-electron chi connectivity index (χ2n) is 6.11. The molecule has 0 fully saturated rings. The Morgan fingerprint density at radius 3 is 2.68 bits per heavy atom. The summed E-state index contributed by atoms with van der Waals surface area (Å²) in [6.45, 7) is 6.84. The van der Waals surface area contributed by atoms with E-state index in [9.17, 15) is 8.42 Å². The molecule has 22 heavy (non-hydrogen) atoms. The first-order valence-corrected chi connectivity index (χ1v) is 8.66. The van der Waals surface area contributed by atoms with Crippen molar-refractivity contribution in [2.75, 3.05) is 13.7 Å². The van der Waals surface area contributed by atoms with E-state index in [4.69, 9.17) is 14.0 Å². The lowest BCUT2D eigenvalue weighted by Crippen LogP contribution is -2.35. The Morgan fingerprint density at radius 2 is 2.09 bits per heavy atom. The van der Waals surface area contributed by atoms with Gasteiger partial charge in [-0.05, 0) is 38.0 Å². The Balaban J connectivity index is 2.23. The van der Waals surface area contributed by atoms with Gasteiger partial charge in [0.05, 0.1) is 12.0 Å². The van der Waals surface area contributed by atoms with E-state index in [1.165, 1.54) is 7.05 Å². The SMILES string of the molecule is CCCOC1Oc2ccc(CN(C)S(=O)(=O)O)cc2C1(C)C. The summed E-state index contributed by atoms with van der Waals surface area (Å²) in [5.41, 5.74) is 1.44. The number of fused-ring (bicyclic) bond motifs is 1. The van der Waals surface area contributed by atoms with Crippen molar-refractivity contribution in [3.05, 3.63) is 29.3 Å². The summed E-state index contributed by atoms with van der Waals surface area (Å²) >= 11 is 0. The summed E-state index contributed by atoms with van der Waals surface area (Å²) in [6.07, 6.45) is 0.563. The summed E-state index contributed by atoms with van der Waals surface area (Å²) < 4.78 is 43.7. The van der Waals surface area contributed by atoms with Crippen molar-refractivity contribution in [2.24, 2.45) is 0 Å². The van der Waals surface area contributed by atoms with Crippen molar-refractivity contribution in [1.29, 1.82) is 0 Å². The molecule has 7 heteroatoms. The maximum absolute atomic E-state index is 11.1. The van der Waals surface area contributed by atoms with Gasteiger partial charge < -0.3 is 9.47 Å². The van der Waals surface area contributed by atoms with Gasteiger partial charge in [-0.1, -0.05) is 13.0 Å². The van der Waals surface area contributed by atoms with Crippen LogP contribution in [0.2, 0.25) is 0 Å². The molecule has 0 spiro atoms. The number of benzene rings is 1. The Hall–Kier alpha value is -1.15. The van der Waals surface area contributed by atoms with Crippen molar-refractivity contribution in [3.63, 3.8) is 0 Å². The van der Waals surface area contributed by atoms with E-state index < -0.39 is 10.3 Å². The standard InChI is InChI=1S/C15H23NO5S/c1-5-8-20-14-15(2,3)12-9-11(6-7-13(12)21-14)10-16(4)22(17,18)19/h6-7,9,14H,5,8,10H2,1-4H3,(H,17,18,19). The zero-order valence-electron chi connectivity index (χ0n) is 13.4. The second-order valence-corrected chi connectivity index (χ2v) is 7.63. The largest absolute Gasteiger partial charge is 0.464 e. The van der Waals surface area contributed by atoms with Crippen LogP contribution < -0.4 is 4.74 Å². The summed E-state index contributed by atoms with van der Waals surface area (Å²) in [7, 11) is -2.86. The minimum Gasteiger partial charge on any atom is -0.464 e. The molecule has 1 aromatic carbocycles. The van der Waals surface area contributed by atoms with Gasteiger partial charge in [0.2, 0.25) is 6.29 Å². The van der Waals surface area contributed by atoms with Crippen molar-refractivity contribution >= 4 is 10.3 Å². The Labute approximate surface area is 131 Å². The summed E-state index contributed by atoms with van der Waals surface area (Å²) in [6, 6.07) is 5.52. The van der Waals surface area contributed by atoms with Crippen molar-refractivity contribution in [2.45, 2.75) is 45.4 Å². The summed E-state index contributed by atoms with van der Waals surface area (Å²) in [5, 5.41) is 0. The average molecular weight is 329 g/mol. The molecule has 6 nitrogen and oxygen atoms in total. The van der Waals surface area contributed by atoms with E-state index in [1.807, 2.05) is 32.9 Å². The third-order valence-electron chi connectivity index (χ3n) is 3.83. The fraction of sp³-hybridized carbons (Fsp3) is 0.600. The van der Waals surface area contributed by atoms with Crippen molar-refractivity contribution in [1.82, 2.24) is 4.31 Å². The zero-order valence-corrected chi connectivity index (χ0v) is 14.2. The molecule has 0 aliphatic carbocycles. The van der Waals surface area contributed by atoms with Crippen LogP contribution in [0.25, 0.3) is 0 Å². The molecule has 0 amide bonds. The van der Waals surface area contributed by atoms with E-state index in [-0.39, 0.29) is 18.2 Å². The van der Waals surface area contributed by atoms with E-state index >= 15 is 0 Å². The number of hydrogen-bond acceptors (Lipinski definition) is 4. The molecule has 1 N–H and O–H groups in total. The van der Waals surface area contributed by atoms with Crippen LogP contribution in [0.1, 0.15) is 38.3 Å². The third kappa shape index (κ3) is 3.43. The minimum atomic E-state index is -4.19. The molecule has 0 bridgehead atoms. The summed E-state index contributed by atoms with van der Waals surface area (Å²) in [4.78, 5) is 0. The number of hydrogen-bond donors (Lipinski definition) is 1. The van der Waals surface area contributed by atoms with E-state index in [2.05, 4.69) is 0 Å². The molecular weight excluding hydrogens is 306 g/mol. The topological polar surface area (TPSA) is 76.1 Å². The Kier molecular flexibility index (Phi) is 4.81. The number of nitrogens with zero attached hydrogens (tertiary/aromatic N) is 1. The van der Waals surface area contributed by atoms with Gasteiger partial charge in [-0.15, -0.1) is 0 Å². The van der Waals surface area contributed by atoms with Gasteiger partial charge >= 0.3 is 10.3 Å². The van der Waals surface area contributed by atoms with Crippen LogP contribution in [0, 0.1) is 0 Å². The molecule has 1 heterocycles. The maximum Gasteiger partial charge on any atom is 0.335 e. The zero-order chi connectivity index (χ0) is 16.5. The van der Waals surface area contributed by atoms with Crippen molar-refractivity contribution in [3.8, 4) is 5.75 Å². The van der Waals surface area contributed by atoms with Gasteiger partial charge in [-0.3, -0.25) is 4.55 Å². The van der Waals surface area contributed by atoms with Crippen LogP contribution in [0.5, 0.6) is 5.75 Å². The molecule has 0 saturated heterocycles. The highest BCUT2D eigenvalue weighted by Crippen LogP contribution is 2.43. The highest BCUT2D eigenvalue weighted by molar-refractivity contribution is 7.83. The fourth-order valence-electron chi connectivity index (χ4n) is 2.48. The first-order valence-electron chi connectivity index (χ1n) is 7.26. The third-order valence-corrected chi connectivity index (χ3v) is 4.75. The predicted molar refractivity (Wildman–Crippen MR) is 83.1 cm³/mol. The molecular formula is C15H23NO5S. The lowest BCUT2D eigenvalue weighted by molar-refractivity contribution is -0.102. The van der Waals surface area contributed by atoms with E-state index in [1.54, 1.807) is 6.07 Å². The maximum atomic E-state index is 11.1. The molecule has 124 valence electrons. The number of rotatable bonds is 6. The molecule has 0 saturated carbocycles. The first kappa shape index (κ1) is 17.2. The smallest absolute Gasteiger partial charge is 0.335 e. The molecule has 1 unspecified atom stereocenters. The second kappa shape index (κ2) is 6.16. The van der Waals surface area contributed by atoms with Crippen LogP contribution in [0.4, 0.5) is 0 Å². The van der Waals surface area contributed by atoms with Gasteiger partial charge in [-0.25, -0.2) is 0 Å². The fourth-order valence-corrected chi connectivity index (χ4v) is 2.79. The van der Waals surface area contributed by atoms with Crippen LogP contribution in [-0.4, -0.2) is 37.2 Å². The van der Waals surface area contributed by atoms with Gasteiger partial charge in [0.25, 0.3) is 0 Å². The molecule has 0 radical (unpaired) electrons. The monoisotopic (exact) mass is 329 g/mol. The first-order chi connectivity index (χ1) is 10.2. The van der Waals surface area contributed by atoms with Crippen LogP contribution in [0.3, 0.4) is 0 Å². The van der Waals surface area contributed by atoms with Crippen LogP contribution in [0.15, 0.2) is 18.2 Å². The molecule has 2 rings (SSSR count). The van der Waals surface area contributed by atoms with Gasteiger partial charge in [0.1, 0.15) is 5.75 Å². The Morgan fingerprint density at radius 1 is 1.41 bits per heavy atom. The van der Waals surface area contributed by atoms with Gasteiger partial charge in [0.15, 0.2) is 0 Å². The highest BCUT2D eigenvalue weighted by atomic mass is 32.2. The van der Waals surface area contributed by atoms with E-state index in [0.717, 1.165) is 27.6 Å². The Bertz CT molecular complexity index is 641. The van der Waals surface area contributed by atoms with Crippen LogP contribution >= 0.6 is 0 Å². The van der Waals surface area contributed by atoms with Gasteiger partial charge in [-0.2, -0.15) is 12.7 Å². The lowest BCUT2D eigenvalue weighted by atomic mass is 9.84. The van der Waals surface area contributed by atoms with Gasteiger partial charge in [0, 0.05) is 19.2 Å². The predicted octanol–water partition coefficient (Wildman–Crippen LogP) is 2.34. The summed E-state index contributed by atoms with van der Waals surface area (Å²) in [5.74, 6) is 0.754. The molecule has 1 aliphatic heterocycles. The average Bonchev–Trinajstić information content (AvgIpc) is 2.67. The number of ether oxygens (including phenoxy) is 2. The molecule has 1 aromatic rings. The minimum absolute atomic E-state index is 0.0999. The molecule has 1 aliphatic rings. The molecule has 0 aromatic heterocycles. The molecule has 1 atom stereocenters. The van der Waals surface area contributed by atoms with Crippen molar-refractivity contribution < 1.29 is 22.4 Å².